The van der Waals surface area contributed by atoms with Gasteiger partial charge in [-0.15, -0.1) is 0 Å². The van der Waals surface area contributed by atoms with Gasteiger partial charge in [-0.1, -0.05) is 50.1 Å². The SMILES string of the molecule is CCCCCNC(=O)CC(c1cc(OC)cc(OC)c1)c1cn(Cc2ccc(F)cc2)c2ccccc12. The molecule has 0 aliphatic carbocycles. The molecule has 194 valence electrons. The molecule has 3 aromatic carbocycles. The van der Waals surface area contributed by atoms with Crippen molar-refractivity contribution >= 4 is 16.8 Å². The number of benzene rings is 3. The highest BCUT2D eigenvalue weighted by atomic mass is 19.1. The molecule has 0 saturated carbocycles. The number of amides is 1. The van der Waals surface area contributed by atoms with Crippen LogP contribution in [0.15, 0.2) is 72.9 Å². The van der Waals surface area contributed by atoms with Crippen LogP contribution in [0.3, 0.4) is 0 Å². The van der Waals surface area contributed by atoms with Gasteiger partial charge in [0.05, 0.1) is 14.2 Å². The zero-order valence-corrected chi connectivity index (χ0v) is 21.8. The fourth-order valence-electron chi connectivity index (χ4n) is 4.77. The van der Waals surface area contributed by atoms with E-state index in [1.165, 1.54) is 12.1 Å². The highest BCUT2D eigenvalue weighted by Gasteiger charge is 2.24. The number of unbranched alkanes of at least 4 members (excludes halogenated alkanes) is 2. The Morgan fingerprint density at radius 3 is 2.35 bits per heavy atom. The van der Waals surface area contributed by atoms with Crippen LogP contribution in [0, 0.1) is 5.82 Å². The Balaban J connectivity index is 1.76. The summed E-state index contributed by atoms with van der Waals surface area (Å²) in [6.07, 6.45) is 5.59. The maximum Gasteiger partial charge on any atom is 0.220 e. The molecule has 4 rings (SSSR count). The number of methoxy groups -OCH3 is 2. The summed E-state index contributed by atoms with van der Waals surface area (Å²) in [6.45, 7) is 3.42. The van der Waals surface area contributed by atoms with Crippen LogP contribution in [-0.2, 0) is 11.3 Å². The lowest BCUT2D eigenvalue weighted by molar-refractivity contribution is -0.121. The standard InChI is InChI=1S/C31H35FN2O3/c1-4-5-8-15-33-31(35)19-28(23-16-25(36-2)18-26(17-23)37-3)29-21-34(30-10-7-6-9-27(29)30)20-22-11-13-24(32)14-12-22/h6-7,9-14,16-18,21,28H,4-5,8,15,19-20H2,1-3H3,(H,33,35). The Morgan fingerprint density at radius 1 is 0.973 bits per heavy atom. The van der Waals surface area contributed by atoms with E-state index in [0.29, 0.717) is 31.0 Å². The summed E-state index contributed by atoms with van der Waals surface area (Å²) in [4.78, 5) is 13.1. The van der Waals surface area contributed by atoms with E-state index < -0.39 is 0 Å². The average molecular weight is 503 g/mol. The van der Waals surface area contributed by atoms with Crippen molar-refractivity contribution in [3.63, 3.8) is 0 Å². The first-order valence-electron chi connectivity index (χ1n) is 12.8. The second kappa shape index (κ2) is 12.4. The molecule has 1 atom stereocenters. The summed E-state index contributed by atoms with van der Waals surface area (Å²) in [5.41, 5.74) is 4.06. The maximum atomic E-state index is 13.5. The molecule has 1 N–H and O–H groups in total. The number of nitrogens with one attached hydrogen (secondary N) is 1. The number of hydrogen-bond donors (Lipinski definition) is 1. The fraction of sp³-hybridized carbons (Fsp3) is 0.323. The second-order valence-corrected chi connectivity index (χ2v) is 9.32. The third-order valence-electron chi connectivity index (χ3n) is 6.73. The van der Waals surface area contributed by atoms with E-state index in [9.17, 15) is 9.18 Å². The minimum Gasteiger partial charge on any atom is -0.497 e. The molecule has 0 aliphatic heterocycles. The Labute approximate surface area is 218 Å². The van der Waals surface area contributed by atoms with Crippen LogP contribution in [0.4, 0.5) is 4.39 Å². The highest BCUT2D eigenvalue weighted by molar-refractivity contribution is 5.87. The van der Waals surface area contributed by atoms with Crippen molar-refractivity contribution in [1.29, 1.82) is 0 Å². The van der Waals surface area contributed by atoms with Crippen LogP contribution in [-0.4, -0.2) is 31.2 Å². The number of hydrogen-bond acceptors (Lipinski definition) is 3. The zero-order chi connectivity index (χ0) is 26.2. The van der Waals surface area contributed by atoms with Gasteiger partial charge in [-0.3, -0.25) is 4.79 Å². The minimum absolute atomic E-state index is 0.0123. The number of fused-ring (bicyclic) bond motifs is 1. The van der Waals surface area contributed by atoms with E-state index in [-0.39, 0.29) is 17.6 Å². The van der Waals surface area contributed by atoms with Crippen LogP contribution in [0.1, 0.15) is 55.2 Å². The van der Waals surface area contributed by atoms with Crippen molar-refractivity contribution in [2.24, 2.45) is 0 Å². The van der Waals surface area contributed by atoms with Gasteiger partial charge in [0.1, 0.15) is 17.3 Å². The summed E-state index contributed by atoms with van der Waals surface area (Å²) >= 11 is 0. The van der Waals surface area contributed by atoms with E-state index in [1.807, 2.05) is 30.3 Å². The van der Waals surface area contributed by atoms with Crippen LogP contribution in [0.2, 0.25) is 0 Å². The van der Waals surface area contributed by atoms with Crippen LogP contribution < -0.4 is 14.8 Å². The van der Waals surface area contributed by atoms with E-state index in [0.717, 1.165) is 46.9 Å². The Hall–Kier alpha value is -3.80. The van der Waals surface area contributed by atoms with Gasteiger partial charge in [0, 0.05) is 48.6 Å². The number of carbonyl (C=O) groups excluding carboxylic acids is 1. The minimum atomic E-state index is -0.251. The molecule has 1 amide bonds. The van der Waals surface area contributed by atoms with Gasteiger partial charge in [0.15, 0.2) is 0 Å². The Morgan fingerprint density at radius 2 is 1.68 bits per heavy atom. The molecule has 0 spiro atoms. The van der Waals surface area contributed by atoms with Crippen molar-refractivity contribution in [3.05, 3.63) is 95.4 Å². The zero-order valence-electron chi connectivity index (χ0n) is 21.8. The molecule has 1 unspecified atom stereocenters. The number of carbonyl (C=O) groups is 1. The van der Waals surface area contributed by atoms with Gasteiger partial charge in [-0.25, -0.2) is 4.39 Å². The molecule has 6 heteroatoms. The molecule has 0 fully saturated rings. The van der Waals surface area contributed by atoms with Crippen LogP contribution in [0.25, 0.3) is 10.9 Å². The third kappa shape index (κ3) is 6.50. The quantitative estimate of drug-likeness (QED) is 0.220. The number of halogens is 1. The predicted molar refractivity (Wildman–Crippen MR) is 146 cm³/mol. The van der Waals surface area contributed by atoms with E-state index >= 15 is 0 Å². The topological polar surface area (TPSA) is 52.5 Å². The Kier molecular flexibility index (Phi) is 8.83. The molecular weight excluding hydrogens is 467 g/mol. The first kappa shape index (κ1) is 26.3. The number of nitrogens with zero attached hydrogens (tertiary/aromatic N) is 1. The molecule has 0 saturated heterocycles. The molecule has 5 nitrogen and oxygen atoms in total. The lowest BCUT2D eigenvalue weighted by Crippen LogP contribution is -2.26. The summed E-state index contributed by atoms with van der Waals surface area (Å²) in [6, 6.07) is 20.6. The fourth-order valence-corrected chi connectivity index (χ4v) is 4.77. The van der Waals surface area contributed by atoms with Gasteiger partial charge in [-0.05, 0) is 53.4 Å². The van der Waals surface area contributed by atoms with Gasteiger partial charge in [-0.2, -0.15) is 0 Å². The monoisotopic (exact) mass is 502 g/mol. The summed E-state index contributed by atoms with van der Waals surface area (Å²) in [7, 11) is 3.26. The van der Waals surface area contributed by atoms with E-state index in [1.54, 1.807) is 26.4 Å². The lowest BCUT2D eigenvalue weighted by Gasteiger charge is -2.19. The molecule has 37 heavy (non-hydrogen) atoms. The van der Waals surface area contributed by atoms with E-state index in [2.05, 4.69) is 35.1 Å². The first-order valence-corrected chi connectivity index (χ1v) is 12.8. The second-order valence-electron chi connectivity index (χ2n) is 9.32. The average Bonchev–Trinajstić information content (AvgIpc) is 3.28. The molecule has 4 aromatic rings. The van der Waals surface area contributed by atoms with E-state index in [4.69, 9.17) is 9.47 Å². The molecule has 1 aromatic heterocycles. The molecular formula is C31H35FN2O3. The number of ether oxygens (including phenoxy) is 2. The van der Waals surface area contributed by atoms with Gasteiger partial charge >= 0.3 is 0 Å². The molecule has 0 radical (unpaired) electrons. The lowest BCUT2D eigenvalue weighted by atomic mass is 9.87. The largest absolute Gasteiger partial charge is 0.497 e. The van der Waals surface area contributed by atoms with Gasteiger partial charge in [0.25, 0.3) is 0 Å². The first-order chi connectivity index (χ1) is 18.0. The molecule has 1 heterocycles. The Bertz CT molecular complexity index is 1310. The molecule has 0 aliphatic rings. The summed E-state index contributed by atoms with van der Waals surface area (Å²) < 4.78 is 26.7. The van der Waals surface area contributed by atoms with Crippen LogP contribution in [0.5, 0.6) is 11.5 Å². The normalized spacial score (nSPS) is 11.9. The molecule has 0 bridgehead atoms. The van der Waals surface area contributed by atoms with Gasteiger partial charge < -0.3 is 19.4 Å². The van der Waals surface area contributed by atoms with Crippen molar-refractivity contribution in [2.45, 2.75) is 45.1 Å². The smallest absolute Gasteiger partial charge is 0.220 e. The van der Waals surface area contributed by atoms with Crippen molar-refractivity contribution in [2.75, 3.05) is 20.8 Å². The third-order valence-corrected chi connectivity index (χ3v) is 6.73. The summed E-state index contributed by atoms with van der Waals surface area (Å²) in [5, 5.41) is 4.18. The van der Waals surface area contributed by atoms with Crippen LogP contribution >= 0.6 is 0 Å². The number of rotatable bonds is 12. The predicted octanol–water partition coefficient (Wildman–Crippen LogP) is 6.67. The highest BCUT2D eigenvalue weighted by Crippen LogP contribution is 2.38. The number of aromatic nitrogens is 1. The van der Waals surface area contributed by atoms with Crippen molar-refractivity contribution in [3.8, 4) is 11.5 Å². The van der Waals surface area contributed by atoms with Crippen molar-refractivity contribution < 1.29 is 18.7 Å². The van der Waals surface area contributed by atoms with Crippen molar-refractivity contribution in [1.82, 2.24) is 9.88 Å². The summed E-state index contributed by atoms with van der Waals surface area (Å²) in [5.74, 6) is 0.905. The maximum absolute atomic E-state index is 13.5. The number of para-hydroxylation sites is 1. The van der Waals surface area contributed by atoms with Gasteiger partial charge in [0.2, 0.25) is 5.91 Å².